The van der Waals surface area contributed by atoms with Crippen molar-refractivity contribution < 1.29 is 0 Å². The number of benzene rings is 1. The van der Waals surface area contributed by atoms with Crippen LogP contribution in [0.15, 0.2) is 29.6 Å². The van der Waals surface area contributed by atoms with Crippen molar-refractivity contribution in [3.8, 4) is 0 Å². The molecule has 114 valence electrons. The van der Waals surface area contributed by atoms with E-state index in [1.807, 2.05) is 0 Å². The van der Waals surface area contributed by atoms with E-state index in [4.69, 9.17) is 4.98 Å². The molecule has 2 aromatic rings. The molecule has 0 saturated heterocycles. The lowest BCUT2D eigenvalue weighted by Gasteiger charge is -2.15. The number of rotatable bonds is 8. The second-order valence-electron chi connectivity index (χ2n) is 5.57. The van der Waals surface area contributed by atoms with Gasteiger partial charge in [-0.1, -0.05) is 36.8 Å². The molecule has 1 heterocycles. The summed E-state index contributed by atoms with van der Waals surface area (Å²) in [7, 11) is 2.15. The van der Waals surface area contributed by atoms with E-state index in [9.17, 15) is 0 Å². The van der Waals surface area contributed by atoms with Crippen LogP contribution in [-0.4, -0.2) is 23.5 Å². The van der Waals surface area contributed by atoms with Gasteiger partial charge in [-0.15, -0.1) is 11.3 Å². The Morgan fingerprint density at radius 3 is 2.90 bits per heavy atom. The minimum absolute atomic E-state index is 0.889. The minimum atomic E-state index is 0.889. The van der Waals surface area contributed by atoms with Crippen LogP contribution in [0.1, 0.15) is 35.2 Å². The quantitative estimate of drug-likeness (QED) is 0.756. The molecule has 0 atom stereocenters. The summed E-state index contributed by atoms with van der Waals surface area (Å²) in [6.07, 6.45) is 1.16. The molecule has 1 aromatic heterocycles. The molecule has 4 heteroatoms. The smallest absolute Gasteiger partial charge is 0.107 e. The van der Waals surface area contributed by atoms with Crippen molar-refractivity contribution in [1.82, 2.24) is 15.2 Å². The van der Waals surface area contributed by atoms with Gasteiger partial charge in [0, 0.05) is 25.0 Å². The summed E-state index contributed by atoms with van der Waals surface area (Å²) >= 11 is 1.75. The first-order valence-electron chi connectivity index (χ1n) is 7.55. The first-order valence-corrected chi connectivity index (χ1v) is 8.43. The van der Waals surface area contributed by atoms with E-state index in [0.29, 0.717) is 0 Å². The van der Waals surface area contributed by atoms with Crippen LogP contribution < -0.4 is 5.32 Å². The van der Waals surface area contributed by atoms with E-state index in [2.05, 4.69) is 60.8 Å². The first-order chi connectivity index (χ1) is 10.2. The van der Waals surface area contributed by atoms with Crippen molar-refractivity contribution in [2.75, 3.05) is 13.6 Å². The standard InChI is InChI=1S/C17H25N3S/c1-4-8-18-10-17-19-16(13-21-17)12-20(3)11-15-7-5-6-14(2)9-15/h5-7,9,13,18H,4,8,10-12H2,1-3H3. The maximum atomic E-state index is 4.70. The summed E-state index contributed by atoms with van der Waals surface area (Å²) in [5.41, 5.74) is 3.85. The summed E-state index contributed by atoms with van der Waals surface area (Å²) in [6.45, 7) is 8.13. The molecule has 0 bridgehead atoms. The van der Waals surface area contributed by atoms with Crippen LogP contribution in [-0.2, 0) is 19.6 Å². The summed E-state index contributed by atoms with van der Waals surface area (Å²) < 4.78 is 0. The van der Waals surface area contributed by atoms with Gasteiger partial charge < -0.3 is 5.32 Å². The third-order valence-electron chi connectivity index (χ3n) is 3.27. The second-order valence-corrected chi connectivity index (χ2v) is 6.51. The number of aromatic nitrogens is 1. The highest BCUT2D eigenvalue weighted by molar-refractivity contribution is 7.09. The minimum Gasteiger partial charge on any atom is -0.310 e. The molecule has 0 aliphatic rings. The van der Waals surface area contributed by atoms with Crippen molar-refractivity contribution in [2.45, 2.75) is 39.9 Å². The highest BCUT2D eigenvalue weighted by atomic mass is 32.1. The summed E-state index contributed by atoms with van der Waals surface area (Å²) in [4.78, 5) is 7.01. The molecule has 3 nitrogen and oxygen atoms in total. The highest BCUT2D eigenvalue weighted by Crippen LogP contribution is 2.13. The molecule has 1 aromatic carbocycles. The fraction of sp³-hybridized carbons (Fsp3) is 0.471. The Morgan fingerprint density at radius 1 is 1.29 bits per heavy atom. The SMILES string of the molecule is CCCNCc1nc(CN(C)Cc2cccc(C)c2)cs1. The first kappa shape index (κ1) is 16.1. The Kier molecular flexibility index (Phi) is 6.36. The Balaban J connectivity index is 1.83. The second kappa shape index (κ2) is 8.27. The Bertz CT molecular complexity index is 550. The molecule has 0 saturated carbocycles. The van der Waals surface area contributed by atoms with E-state index >= 15 is 0 Å². The third-order valence-corrected chi connectivity index (χ3v) is 4.17. The molecular weight excluding hydrogens is 278 g/mol. The molecule has 0 unspecified atom stereocenters. The van der Waals surface area contributed by atoms with Crippen molar-refractivity contribution in [3.63, 3.8) is 0 Å². The van der Waals surface area contributed by atoms with Crippen molar-refractivity contribution in [2.24, 2.45) is 0 Å². The molecule has 2 rings (SSSR count). The molecule has 0 spiro atoms. The van der Waals surface area contributed by atoms with Gasteiger partial charge in [0.05, 0.1) is 5.69 Å². The lowest BCUT2D eigenvalue weighted by molar-refractivity contribution is 0.315. The van der Waals surface area contributed by atoms with Gasteiger partial charge in [-0.25, -0.2) is 4.98 Å². The van der Waals surface area contributed by atoms with Crippen molar-refractivity contribution in [3.05, 3.63) is 51.5 Å². The van der Waals surface area contributed by atoms with E-state index in [-0.39, 0.29) is 0 Å². The van der Waals surface area contributed by atoms with Gasteiger partial charge in [0.2, 0.25) is 0 Å². The normalized spacial score (nSPS) is 11.2. The van der Waals surface area contributed by atoms with Gasteiger partial charge in [-0.3, -0.25) is 4.90 Å². The summed E-state index contributed by atoms with van der Waals surface area (Å²) in [6, 6.07) is 8.70. The van der Waals surface area contributed by atoms with E-state index in [1.165, 1.54) is 21.8 Å². The van der Waals surface area contributed by atoms with E-state index < -0.39 is 0 Å². The topological polar surface area (TPSA) is 28.2 Å². The molecule has 1 N–H and O–H groups in total. The third kappa shape index (κ3) is 5.58. The van der Waals surface area contributed by atoms with Gasteiger partial charge in [0.1, 0.15) is 5.01 Å². The fourth-order valence-electron chi connectivity index (χ4n) is 2.33. The molecule has 0 aliphatic heterocycles. The van der Waals surface area contributed by atoms with Crippen molar-refractivity contribution in [1.29, 1.82) is 0 Å². The zero-order chi connectivity index (χ0) is 15.1. The van der Waals surface area contributed by atoms with Gasteiger partial charge in [-0.2, -0.15) is 0 Å². The Hall–Kier alpha value is -1.23. The molecular formula is C17H25N3S. The average molecular weight is 303 g/mol. The molecule has 0 fully saturated rings. The van der Waals surface area contributed by atoms with Crippen molar-refractivity contribution >= 4 is 11.3 Å². The van der Waals surface area contributed by atoms with Crippen LogP contribution in [0.25, 0.3) is 0 Å². The lowest BCUT2D eigenvalue weighted by Crippen LogP contribution is -2.18. The monoisotopic (exact) mass is 303 g/mol. The van der Waals surface area contributed by atoms with Gasteiger partial charge in [0.25, 0.3) is 0 Å². The Labute approximate surface area is 132 Å². The Morgan fingerprint density at radius 2 is 2.14 bits per heavy atom. The number of nitrogens with zero attached hydrogens (tertiary/aromatic N) is 2. The number of nitrogens with one attached hydrogen (secondary N) is 1. The molecule has 21 heavy (non-hydrogen) atoms. The van der Waals surface area contributed by atoms with Crippen LogP contribution in [0, 0.1) is 6.92 Å². The number of thiazole rings is 1. The zero-order valence-corrected chi connectivity index (χ0v) is 14.0. The zero-order valence-electron chi connectivity index (χ0n) is 13.2. The largest absolute Gasteiger partial charge is 0.310 e. The van der Waals surface area contributed by atoms with Gasteiger partial charge >= 0.3 is 0 Å². The van der Waals surface area contributed by atoms with Crippen LogP contribution in [0.3, 0.4) is 0 Å². The van der Waals surface area contributed by atoms with Gasteiger partial charge in [-0.05, 0) is 32.5 Å². The van der Waals surface area contributed by atoms with E-state index in [0.717, 1.165) is 32.6 Å². The molecule has 0 aliphatic carbocycles. The maximum Gasteiger partial charge on any atom is 0.107 e. The summed E-state index contributed by atoms with van der Waals surface area (Å²) in [5, 5.41) is 6.76. The van der Waals surface area contributed by atoms with Crippen LogP contribution in [0.5, 0.6) is 0 Å². The molecule has 0 amide bonds. The maximum absolute atomic E-state index is 4.70. The number of hydrogen-bond acceptors (Lipinski definition) is 4. The summed E-state index contributed by atoms with van der Waals surface area (Å²) in [5.74, 6) is 0. The average Bonchev–Trinajstić information content (AvgIpc) is 2.86. The predicted octanol–water partition coefficient (Wildman–Crippen LogP) is 3.58. The van der Waals surface area contributed by atoms with Gasteiger partial charge in [0.15, 0.2) is 0 Å². The number of aryl methyl sites for hydroxylation is 1. The fourth-order valence-corrected chi connectivity index (χ4v) is 3.08. The van der Waals surface area contributed by atoms with Crippen LogP contribution >= 0.6 is 11.3 Å². The van der Waals surface area contributed by atoms with Crippen LogP contribution in [0.2, 0.25) is 0 Å². The predicted molar refractivity (Wildman–Crippen MR) is 90.5 cm³/mol. The van der Waals surface area contributed by atoms with Crippen LogP contribution in [0.4, 0.5) is 0 Å². The highest BCUT2D eigenvalue weighted by Gasteiger charge is 2.06. The lowest BCUT2D eigenvalue weighted by atomic mass is 10.1. The molecule has 0 radical (unpaired) electrons. The number of hydrogen-bond donors (Lipinski definition) is 1. The van der Waals surface area contributed by atoms with E-state index in [1.54, 1.807) is 11.3 Å².